The van der Waals surface area contributed by atoms with E-state index in [1.165, 1.54) is 30.5 Å². The highest BCUT2D eigenvalue weighted by atomic mass is 35.5. The Kier molecular flexibility index (Phi) is 4.84. The number of nitrogens with zero attached hydrogens (tertiary/aromatic N) is 2. The molecule has 0 saturated heterocycles. The maximum atomic E-state index is 14.7. The lowest BCUT2D eigenvalue weighted by Crippen LogP contribution is -2.40. The van der Waals surface area contributed by atoms with E-state index < -0.39 is 28.7 Å². The number of benzene rings is 1. The van der Waals surface area contributed by atoms with Crippen LogP contribution in [0.3, 0.4) is 0 Å². The van der Waals surface area contributed by atoms with Crippen LogP contribution in [0.15, 0.2) is 53.2 Å². The summed E-state index contributed by atoms with van der Waals surface area (Å²) in [5, 5.41) is 12.7. The third-order valence-corrected chi connectivity index (χ3v) is 6.20. The highest BCUT2D eigenvalue weighted by Crippen LogP contribution is 2.60. The minimum absolute atomic E-state index is 0.0494. The summed E-state index contributed by atoms with van der Waals surface area (Å²) in [6.45, 7) is -1.35. The molecule has 2 heterocycles. The second-order valence-corrected chi connectivity index (χ2v) is 8.45. The molecule has 0 unspecified atom stereocenters. The minimum Gasteiger partial charge on any atom is -0.394 e. The number of amides is 1. The van der Waals surface area contributed by atoms with Crippen LogP contribution in [-0.4, -0.2) is 39.2 Å². The molecule has 1 amide bonds. The molecule has 2 aromatic rings. The third kappa shape index (κ3) is 3.29. The molecular formula is C19H15ClF2N4O2S. The fourth-order valence-electron chi connectivity index (χ4n) is 3.38. The summed E-state index contributed by atoms with van der Waals surface area (Å²) >= 11 is 6.87. The molecule has 0 fully saturated rings. The van der Waals surface area contributed by atoms with Gasteiger partial charge in [0.05, 0.1) is 16.4 Å². The second-order valence-electron chi connectivity index (χ2n) is 6.66. The van der Waals surface area contributed by atoms with Gasteiger partial charge in [0.25, 0.3) is 5.91 Å². The van der Waals surface area contributed by atoms with Crippen molar-refractivity contribution in [1.82, 2.24) is 4.98 Å². The Balaban J connectivity index is 1.70. The number of fused-ring (bicyclic) bond motifs is 1. The molecule has 6 nitrogen and oxygen atoms in total. The fraction of sp³-hybridized carbons (Fsp3) is 0.211. The normalized spacial score (nSPS) is 25.0. The Morgan fingerprint density at radius 2 is 2.14 bits per heavy atom. The smallest absolute Gasteiger partial charge is 0.274 e. The lowest BCUT2D eigenvalue weighted by molar-refractivity contribution is 0.102. The standard InChI is InChI=1S/C19H15ClF2N4O2S/c20-10-1-4-14(24-7-10)16(28)25-11-2-3-13(22)12(5-11)19(8-21)15-6-18(15,9-27)29-17(23)26-19/h1-7,27H,8-9H2,(H2,23,26)(H,25,28)/t18-,19-/m1/s1. The number of aromatic nitrogens is 1. The number of nitrogens with one attached hydrogen (secondary N) is 1. The SMILES string of the molecule is NC1=N[C@](CF)(c2cc(NC(=O)c3ccc(Cl)cn3)ccc2F)C2=C[C@]2(CO)S1. The molecule has 150 valence electrons. The van der Waals surface area contributed by atoms with E-state index in [1.807, 2.05) is 0 Å². The summed E-state index contributed by atoms with van der Waals surface area (Å²) in [7, 11) is 0. The van der Waals surface area contributed by atoms with Crippen LogP contribution in [0.5, 0.6) is 0 Å². The first-order valence-electron chi connectivity index (χ1n) is 8.51. The number of hydrogen-bond donors (Lipinski definition) is 3. The zero-order valence-electron chi connectivity index (χ0n) is 14.8. The number of rotatable bonds is 5. The first-order chi connectivity index (χ1) is 13.8. The Hall–Kier alpha value is -2.49. The summed E-state index contributed by atoms with van der Waals surface area (Å²) in [5.74, 6) is -1.24. The summed E-state index contributed by atoms with van der Waals surface area (Å²) in [6, 6.07) is 6.75. The van der Waals surface area contributed by atoms with E-state index >= 15 is 0 Å². The molecule has 0 bridgehead atoms. The number of aliphatic imine (C=N–C) groups is 1. The average molecular weight is 437 g/mol. The van der Waals surface area contributed by atoms with Gasteiger partial charge in [0, 0.05) is 17.4 Å². The van der Waals surface area contributed by atoms with E-state index in [4.69, 9.17) is 17.3 Å². The van der Waals surface area contributed by atoms with Crippen molar-refractivity contribution >= 4 is 40.1 Å². The molecule has 0 spiro atoms. The maximum absolute atomic E-state index is 14.7. The van der Waals surface area contributed by atoms with Crippen LogP contribution in [0.4, 0.5) is 14.5 Å². The number of hydrogen-bond acceptors (Lipinski definition) is 6. The van der Waals surface area contributed by atoms with E-state index in [9.17, 15) is 18.7 Å². The van der Waals surface area contributed by atoms with Gasteiger partial charge in [0.1, 0.15) is 23.7 Å². The van der Waals surface area contributed by atoms with Crippen LogP contribution >= 0.6 is 23.4 Å². The van der Waals surface area contributed by atoms with Crippen molar-refractivity contribution in [2.45, 2.75) is 10.3 Å². The zero-order chi connectivity index (χ0) is 20.8. The molecular weight excluding hydrogens is 422 g/mol. The summed E-state index contributed by atoms with van der Waals surface area (Å²) in [6.07, 6.45) is 2.97. The largest absolute Gasteiger partial charge is 0.394 e. The zero-order valence-corrected chi connectivity index (χ0v) is 16.4. The van der Waals surface area contributed by atoms with E-state index in [0.29, 0.717) is 10.6 Å². The number of aliphatic hydroxyl groups excluding tert-OH is 1. The van der Waals surface area contributed by atoms with Crippen LogP contribution in [0.1, 0.15) is 16.1 Å². The van der Waals surface area contributed by atoms with Gasteiger partial charge >= 0.3 is 0 Å². The van der Waals surface area contributed by atoms with Crippen molar-refractivity contribution in [3.05, 3.63) is 70.3 Å². The highest BCUT2D eigenvalue weighted by molar-refractivity contribution is 8.15. The Bertz CT molecular complexity index is 1060. The minimum atomic E-state index is -1.68. The number of halogens is 3. The van der Waals surface area contributed by atoms with Crippen molar-refractivity contribution in [3.63, 3.8) is 0 Å². The van der Waals surface area contributed by atoms with Gasteiger partial charge in [-0.25, -0.2) is 18.8 Å². The van der Waals surface area contributed by atoms with E-state index in [1.54, 1.807) is 6.08 Å². The van der Waals surface area contributed by atoms with Crippen molar-refractivity contribution in [1.29, 1.82) is 0 Å². The number of amidine groups is 1. The highest BCUT2D eigenvalue weighted by Gasteiger charge is 2.60. The van der Waals surface area contributed by atoms with Crippen molar-refractivity contribution < 1.29 is 18.7 Å². The van der Waals surface area contributed by atoms with Crippen LogP contribution in [-0.2, 0) is 5.54 Å². The number of pyridine rings is 1. The van der Waals surface area contributed by atoms with Crippen molar-refractivity contribution in [2.75, 3.05) is 18.6 Å². The van der Waals surface area contributed by atoms with Gasteiger partial charge in [-0.1, -0.05) is 29.4 Å². The fourth-order valence-corrected chi connectivity index (χ4v) is 4.58. The van der Waals surface area contributed by atoms with Crippen LogP contribution < -0.4 is 11.1 Å². The van der Waals surface area contributed by atoms with E-state index in [-0.39, 0.29) is 28.7 Å². The molecule has 2 atom stereocenters. The summed E-state index contributed by atoms with van der Waals surface area (Å²) < 4.78 is 28.1. The Labute approximate surface area is 173 Å². The van der Waals surface area contributed by atoms with Crippen LogP contribution in [0, 0.1) is 5.82 Å². The molecule has 0 saturated carbocycles. The monoisotopic (exact) mass is 436 g/mol. The summed E-state index contributed by atoms with van der Waals surface area (Å²) in [5.41, 5.74) is 4.89. The molecule has 1 aromatic carbocycles. The van der Waals surface area contributed by atoms with Crippen molar-refractivity contribution in [3.8, 4) is 0 Å². The Morgan fingerprint density at radius 3 is 2.79 bits per heavy atom. The quantitative estimate of drug-likeness (QED) is 0.625. The van der Waals surface area contributed by atoms with Gasteiger partial charge in [0.2, 0.25) is 0 Å². The summed E-state index contributed by atoms with van der Waals surface area (Å²) in [4.78, 5) is 20.5. The molecule has 1 aliphatic heterocycles. The number of carbonyl (C=O) groups is 1. The second kappa shape index (κ2) is 7.08. The molecule has 0 radical (unpaired) electrons. The van der Waals surface area contributed by atoms with Gasteiger partial charge in [-0.15, -0.1) is 0 Å². The van der Waals surface area contributed by atoms with Crippen LogP contribution in [0.2, 0.25) is 5.02 Å². The number of thioether (sulfide) groups is 1. The average Bonchev–Trinajstić information content (AvgIpc) is 3.44. The van der Waals surface area contributed by atoms with Gasteiger partial charge in [0.15, 0.2) is 5.17 Å². The predicted molar refractivity (Wildman–Crippen MR) is 108 cm³/mol. The topological polar surface area (TPSA) is 101 Å². The van der Waals surface area contributed by atoms with Gasteiger partial charge in [-0.2, -0.15) is 0 Å². The molecule has 4 rings (SSSR count). The molecule has 29 heavy (non-hydrogen) atoms. The van der Waals surface area contributed by atoms with Gasteiger partial charge in [-0.3, -0.25) is 4.79 Å². The third-order valence-electron chi connectivity index (χ3n) is 4.84. The van der Waals surface area contributed by atoms with Gasteiger partial charge in [-0.05, 0) is 35.9 Å². The number of nitrogens with two attached hydrogens (primary N) is 1. The number of anilines is 1. The number of alkyl halides is 1. The van der Waals surface area contributed by atoms with E-state index in [0.717, 1.165) is 17.8 Å². The molecule has 2 aliphatic rings. The molecule has 4 N–H and O–H groups in total. The molecule has 1 aromatic heterocycles. The van der Waals surface area contributed by atoms with Crippen molar-refractivity contribution in [2.24, 2.45) is 10.7 Å². The first-order valence-corrected chi connectivity index (χ1v) is 9.71. The number of carbonyl (C=O) groups excluding carboxylic acids is 1. The molecule has 1 aliphatic carbocycles. The van der Waals surface area contributed by atoms with E-state index in [2.05, 4.69) is 15.3 Å². The first kappa shape index (κ1) is 19.8. The predicted octanol–water partition coefficient (Wildman–Crippen LogP) is 3.02. The Morgan fingerprint density at radius 1 is 1.34 bits per heavy atom. The lowest BCUT2D eigenvalue weighted by Gasteiger charge is -2.34. The van der Waals surface area contributed by atoms with Crippen LogP contribution in [0.25, 0.3) is 0 Å². The maximum Gasteiger partial charge on any atom is 0.274 e. The van der Waals surface area contributed by atoms with Gasteiger partial charge < -0.3 is 16.2 Å². The molecule has 10 heteroatoms. The lowest BCUT2D eigenvalue weighted by atomic mass is 9.86. The number of aliphatic hydroxyl groups is 1.